The Hall–Kier alpha value is -1.82. The first-order valence-electron chi connectivity index (χ1n) is 7.79. The molecule has 0 aliphatic rings. The minimum absolute atomic E-state index is 0.0907. The molecule has 29 heavy (non-hydrogen) atoms. The van der Waals surface area contributed by atoms with Gasteiger partial charge in [0, 0.05) is 18.7 Å². The molecule has 1 aromatic heterocycles. The molecule has 0 spiro atoms. The second kappa shape index (κ2) is 10.3. The number of ether oxygens (including phenoxy) is 1. The predicted molar refractivity (Wildman–Crippen MR) is 103 cm³/mol. The molecule has 0 bridgehead atoms. The summed E-state index contributed by atoms with van der Waals surface area (Å²) < 4.78 is 69.5. The van der Waals surface area contributed by atoms with Gasteiger partial charge in [-0.25, -0.2) is 22.5 Å². The first-order chi connectivity index (χ1) is 13.3. The molecular weight excluding hydrogens is 460 g/mol. The van der Waals surface area contributed by atoms with Crippen LogP contribution in [0.3, 0.4) is 0 Å². The van der Waals surface area contributed by atoms with Crippen LogP contribution >= 0.6 is 23.2 Å². The van der Waals surface area contributed by atoms with Crippen LogP contribution in [0.25, 0.3) is 0 Å². The highest BCUT2D eigenvalue weighted by Crippen LogP contribution is 2.30. The highest BCUT2D eigenvalue weighted by molar-refractivity contribution is 7.96. The van der Waals surface area contributed by atoms with Gasteiger partial charge in [-0.15, -0.1) is 11.6 Å². The van der Waals surface area contributed by atoms with E-state index in [4.69, 9.17) is 27.9 Å². The molecule has 162 valence electrons. The van der Waals surface area contributed by atoms with Crippen LogP contribution < -0.4 is 4.31 Å². The summed E-state index contributed by atoms with van der Waals surface area (Å²) in [6.07, 6.45) is -2.70. The average molecular weight is 477 g/mol. The summed E-state index contributed by atoms with van der Waals surface area (Å²) in [5, 5.41) is 8.53. The lowest BCUT2D eigenvalue weighted by atomic mass is 10.3. The van der Waals surface area contributed by atoms with E-state index in [0.29, 0.717) is 10.4 Å². The molecule has 1 rings (SSSR count). The molecule has 0 aliphatic heterocycles. The van der Waals surface area contributed by atoms with Crippen molar-refractivity contribution >= 4 is 44.9 Å². The van der Waals surface area contributed by atoms with Gasteiger partial charge in [-0.2, -0.15) is 13.2 Å². The number of aromatic nitrogens is 1. The molecule has 1 heterocycles. The Kier molecular flexibility index (Phi) is 8.94. The number of carbonyl (C=O) groups is 1. The predicted octanol–water partition coefficient (Wildman–Crippen LogP) is 4.19. The van der Waals surface area contributed by atoms with Gasteiger partial charge in [0.15, 0.2) is 5.69 Å². The van der Waals surface area contributed by atoms with E-state index in [1.165, 1.54) is 13.0 Å². The van der Waals surface area contributed by atoms with Crippen LogP contribution in [0.5, 0.6) is 0 Å². The number of anilines is 1. The summed E-state index contributed by atoms with van der Waals surface area (Å²) in [5.74, 6) is -1.57. The summed E-state index contributed by atoms with van der Waals surface area (Å²) in [4.78, 5) is 14.3. The number of rotatable bonds is 9. The van der Waals surface area contributed by atoms with Crippen LogP contribution in [0.2, 0.25) is 5.02 Å². The van der Waals surface area contributed by atoms with E-state index < -0.39 is 57.0 Å². The minimum Gasteiger partial charge on any atom is -0.476 e. The molecule has 0 saturated heterocycles. The normalized spacial score (nSPS) is 14.2. The summed E-state index contributed by atoms with van der Waals surface area (Å²) in [6, 6.07) is 1.00. The average Bonchev–Trinajstić information content (AvgIpc) is 2.57. The van der Waals surface area contributed by atoms with Crippen LogP contribution in [0.15, 0.2) is 35.4 Å². The standard InChI is InChI=1S/C16H17Cl2F3N2O5S/c1-10(17)3-4-12(5-6-16(19,20)21)29(26,27)23(9-28-2)13-7-11(18)8-22-14(13)15(24)25/h3-5,7-8,10H,6,9H2,1-2H3,(H,24,25)/b4-3-,12-5+. The zero-order valence-corrected chi connectivity index (χ0v) is 17.5. The number of sulfonamides is 1. The topological polar surface area (TPSA) is 96.8 Å². The lowest BCUT2D eigenvalue weighted by Crippen LogP contribution is -2.35. The number of halogens is 5. The van der Waals surface area contributed by atoms with Gasteiger partial charge < -0.3 is 9.84 Å². The van der Waals surface area contributed by atoms with E-state index in [1.54, 1.807) is 0 Å². The minimum atomic E-state index is -4.71. The fourth-order valence-electron chi connectivity index (χ4n) is 2.00. The third-order valence-corrected chi connectivity index (χ3v) is 5.33. The summed E-state index contributed by atoms with van der Waals surface area (Å²) >= 11 is 11.5. The summed E-state index contributed by atoms with van der Waals surface area (Å²) in [5.41, 5.74) is -1.16. The van der Waals surface area contributed by atoms with Crippen LogP contribution in [0.4, 0.5) is 18.9 Å². The van der Waals surface area contributed by atoms with Crippen LogP contribution in [0, 0.1) is 0 Å². The van der Waals surface area contributed by atoms with Gasteiger partial charge in [-0.05, 0) is 19.1 Å². The molecule has 0 radical (unpaired) electrons. The van der Waals surface area contributed by atoms with Crippen molar-refractivity contribution in [3.8, 4) is 0 Å². The summed E-state index contributed by atoms with van der Waals surface area (Å²) in [6.45, 7) is 0.765. The third kappa shape index (κ3) is 7.50. The van der Waals surface area contributed by atoms with Crippen LogP contribution in [-0.2, 0) is 14.8 Å². The number of carboxylic acid groups (broad SMARTS) is 1. The van der Waals surface area contributed by atoms with Crippen LogP contribution in [0.1, 0.15) is 23.8 Å². The molecule has 0 fully saturated rings. The zero-order chi connectivity index (χ0) is 22.4. The van der Waals surface area contributed by atoms with E-state index in [9.17, 15) is 31.5 Å². The molecule has 0 amide bonds. The van der Waals surface area contributed by atoms with Gasteiger partial charge in [0.25, 0.3) is 10.0 Å². The molecule has 1 atom stereocenters. The number of hydrogen-bond acceptors (Lipinski definition) is 5. The van der Waals surface area contributed by atoms with E-state index >= 15 is 0 Å². The van der Waals surface area contributed by atoms with E-state index in [-0.39, 0.29) is 5.02 Å². The first kappa shape index (κ1) is 25.2. The van der Waals surface area contributed by atoms with Crippen molar-refractivity contribution < 1.29 is 36.2 Å². The molecule has 1 N–H and O–H groups in total. The monoisotopic (exact) mass is 476 g/mol. The molecule has 13 heteroatoms. The van der Waals surface area contributed by atoms with Crippen molar-refractivity contribution in [2.24, 2.45) is 0 Å². The Labute approximate surface area is 175 Å². The maximum absolute atomic E-state index is 13.1. The van der Waals surface area contributed by atoms with Crippen molar-refractivity contribution in [3.63, 3.8) is 0 Å². The first-order valence-corrected chi connectivity index (χ1v) is 10.0. The maximum Gasteiger partial charge on any atom is 0.392 e. The Morgan fingerprint density at radius 1 is 1.45 bits per heavy atom. The number of aromatic carboxylic acids is 1. The van der Waals surface area contributed by atoms with Crippen LogP contribution in [-0.4, -0.2) is 49.9 Å². The van der Waals surface area contributed by atoms with Gasteiger partial charge in [0.2, 0.25) is 0 Å². The largest absolute Gasteiger partial charge is 0.476 e. The van der Waals surface area contributed by atoms with Crippen molar-refractivity contribution in [1.29, 1.82) is 0 Å². The molecule has 1 aromatic rings. The molecule has 7 nitrogen and oxygen atoms in total. The van der Waals surface area contributed by atoms with E-state index in [0.717, 1.165) is 25.4 Å². The van der Waals surface area contributed by atoms with Gasteiger partial charge >= 0.3 is 12.1 Å². The fraction of sp³-hybridized carbons (Fsp3) is 0.375. The molecule has 0 aromatic carbocycles. The highest BCUT2D eigenvalue weighted by Gasteiger charge is 2.32. The van der Waals surface area contributed by atoms with Gasteiger partial charge in [0.1, 0.15) is 6.73 Å². The molecule has 0 saturated carbocycles. The second-order valence-electron chi connectivity index (χ2n) is 5.56. The number of alkyl halides is 4. The summed E-state index contributed by atoms with van der Waals surface area (Å²) in [7, 11) is -3.59. The Balaban J connectivity index is 3.65. The third-order valence-electron chi connectivity index (χ3n) is 3.20. The smallest absolute Gasteiger partial charge is 0.392 e. The lowest BCUT2D eigenvalue weighted by molar-refractivity contribution is -0.125. The van der Waals surface area contributed by atoms with E-state index in [2.05, 4.69) is 4.98 Å². The maximum atomic E-state index is 13.1. The fourth-order valence-corrected chi connectivity index (χ4v) is 3.67. The number of pyridine rings is 1. The number of methoxy groups -OCH3 is 1. The van der Waals surface area contributed by atoms with Gasteiger partial charge in [-0.3, -0.25) is 0 Å². The van der Waals surface area contributed by atoms with E-state index in [1.807, 2.05) is 0 Å². The van der Waals surface area contributed by atoms with Crippen molar-refractivity contribution in [2.75, 3.05) is 18.1 Å². The number of hydrogen-bond donors (Lipinski definition) is 1. The zero-order valence-electron chi connectivity index (χ0n) is 15.2. The number of allylic oxidation sites excluding steroid dienone is 3. The van der Waals surface area contributed by atoms with Gasteiger partial charge in [-0.1, -0.05) is 23.8 Å². The number of carboxylic acids is 1. The van der Waals surface area contributed by atoms with Crippen molar-refractivity contribution in [3.05, 3.63) is 46.1 Å². The molecule has 1 unspecified atom stereocenters. The SMILES string of the molecule is COCN(c1cc(Cl)cnc1C(=O)O)S(=O)(=O)C(/C=C\C(C)Cl)=C/CC(F)(F)F. The van der Waals surface area contributed by atoms with Gasteiger partial charge in [0.05, 0.1) is 22.0 Å². The van der Waals surface area contributed by atoms with Crippen molar-refractivity contribution in [1.82, 2.24) is 4.98 Å². The Bertz CT molecular complexity index is 902. The quantitative estimate of drug-likeness (QED) is 0.326. The highest BCUT2D eigenvalue weighted by atomic mass is 35.5. The Morgan fingerprint density at radius 3 is 2.55 bits per heavy atom. The Morgan fingerprint density at radius 2 is 2.07 bits per heavy atom. The molecular formula is C16H17Cl2F3N2O5S. The molecule has 0 aliphatic carbocycles. The lowest BCUT2D eigenvalue weighted by Gasteiger charge is -2.25. The van der Waals surface area contributed by atoms with Crippen molar-refractivity contribution in [2.45, 2.75) is 24.9 Å². The number of nitrogens with zero attached hydrogens (tertiary/aromatic N) is 2. The second-order valence-corrected chi connectivity index (χ2v) is 8.55.